The Morgan fingerprint density at radius 2 is 2.05 bits per heavy atom. The predicted molar refractivity (Wildman–Crippen MR) is 103 cm³/mol. The number of aliphatic imine (C=N–C) groups is 1. The molecule has 1 unspecified atom stereocenters. The number of sulfone groups is 1. The Kier molecular flexibility index (Phi) is 7.11. The Hall–Kier alpha value is -0.830. The van der Waals surface area contributed by atoms with Crippen LogP contribution >= 0.6 is 24.0 Å². The van der Waals surface area contributed by atoms with Crippen LogP contribution in [0.4, 0.5) is 5.69 Å². The van der Waals surface area contributed by atoms with Crippen molar-refractivity contribution >= 4 is 45.5 Å². The van der Waals surface area contributed by atoms with Crippen molar-refractivity contribution < 1.29 is 8.42 Å². The SMILES string of the molecule is Cc1ccc(NC(N)=NCC2CCCCS2(=O)=O)cc1C.I. The average molecular weight is 437 g/mol. The molecule has 0 aromatic heterocycles. The molecule has 1 heterocycles. The van der Waals surface area contributed by atoms with Crippen LogP contribution in [-0.4, -0.2) is 31.9 Å². The highest BCUT2D eigenvalue weighted by Gasteiger charge is 2.28. The molecular formula is C15H24IN3O2S. The molecule has 0 saturated carbocycles. The van der Waals surface area contributed by atoms with E-state index in [1.165, 1.54) is 11.1 Å². The highest BCUT2D eigenvalue weighted by molar-refractivity contribution is 14.0. The van der Waals surface area contributed by atoms with E-state index in [9.17, 15) is 8.42 Å². The second-order valence-electron chi connectivity index (χ2n) is 5.63. The standard InChI is InChI=1S/C15H23N3O2S.HI/c1-11-6-7-13(9-12(11)2)18-15(16)17-10-14-5-3-4-8-21(14,19)20;/h6-7,9,14H,3-5,8,10H2,1-2H3,(H3,16,17,18);1H. The quantitative estimate of drug-likeness (QED) is 0.433. The van der Waals surface area contributed by atoms with E-state index in [-0.39, 0.29) is 47.5 Å². The fourth-order valence-corrected chi connectivity index (χ4v) is 4.20. The molecule has 1 aromatic carbocycles. The maximum Gasteiger partial charge on any atom is 0.193 e. The molecule has 0 bridgehead atoms. The first-order valence-electron chi connectivity index (χ1n) is 7.24. The highest BCUT2D eigenvalue weighted by atomic mass is 127. The third-order valence-corrected chi connectivity index (χ3v) is 6.22. The molecule has 1 saturated heterocycles. The highest BCUT2D eigenvalue weighted by Crippen LogP contribution is 2.19. The van der Waals surface area contributed by atoms with Gasteiger partial charge < -0.3 is 11.1 Å². The molecule has 0 radical (unpaired) electrons. The summed E-state index contributed by atoms with van der Waals surface area (Å²) >= 11 is 0. The number of benzene rings is 1. The summed E-state index contributed by atoms with van der Waals surface area (Å²) < 4.78 is 23.8. The summed E-state index contributed by atoms with van der Waals surface area (Å²) in [6, 6.07) is 5.94. The van der Waals surface area contributed by atoms with Gasteiger partial charge >= 0.3 is 0 Å². The third-order valence-electron chi connectivity index (χ3n) is 3.96. The van der Waals surface area contributed by atoms with Crippen molar-refractivity contribution in [2.75, 3.05) is 17.6 Å². The molecule has 3 N–H and O–H groups in total. The van der Waals surface area contributed by atoms with Crippen LogP contribution < -0.4 is 11.1 Å². The maximum atomic E-state index is 11.9. The van der Waals surface area contributed by atoms with Gasteiger partial charge in [-0.15, -0.1) is 24.0 Å². The summed E-state index contributed by atoms with van der Waals surface area (Å²) in [5, 5.41) is 2.63. The minimum Gasteiger partial charge on any atom is -0.370 e. The van der Waals surface area contributed by atoms with Crippen molar-refractivity contribution in [1.82, 2.24) is 0 Å². The molecule has 124 valence electrons. The summed E-state index contributed by atoms with van der Waals surface area (Å²) in [5.41, 5.74) is 9.09. The van der Waals surface area contributed by atoms with Gasteiger partial charge in [-0.05, 0) is 49.9 Å². The number of hydrogen-bond donors (Lipinski definition) is 2. The third kappa shape index (κ3) is 5.12. The van der Waals surface area contributed by atoms with Crippen LogP contribution in [0.2, 0.25) is 0 Å². The number of aryl methyl sites for hydroxylation is 2. The smallest absolute Gasteiger partial charge is 0.193 e. The monoisotopic (exact) mass is 437 g/mol. The average Bonchev–Trinajstić information content (AvgIpc) is 2.41. The normalized spacial score (nSPS) is 21.0. The van der Waals surface area contributed by atoms with Gasteiger partial charge in [0, 0.05) is 5.69 Å². The molecule has 0 spiro atoms. The number of guanidine groups is 1. The number of nitrogens with two attached hydrogens (primary N) is 1. The van der Waals surface area contributed by atoms with Gasteiger partial charge in [0.2, 0.25) is 0 Å². The van der Waals surface area contributed by atoms with Gasteiger partial charge in [0.1, 0.15) is 0 Å². The molecule has 0 amide bonds. The minimum absolute atomic E-state index is 0. The lowest BCUT2D eigenvalue weighted by molar-refractivity contribution is 0.541. The van der Waals surface area contributed by atoms with Crippen LogP contribution in [-0.2, 0) is 9.84 Å². The van der Waals surface area contributed by atoms with Crippen LogP contribution in [0.1, 0.15) is 30.4 Å². The lowest BCUT2D eigenvalue weighted by atomic mass is 10.1. The Balaban J connectivity index is 0.00000242. The number of halogens is 1. The number of hydrogen-bond acceptors (Lipinski definition) is 3. The lowest BCUT2D eigenvalue weighted by Crippen LogP contribution is -2.32. The number of nitrogens with one attached hydrogen (secondary N) is 1. The zero-order valence-electron chi connectivity index (χ0n) is 13.0. The van der Waals surface area contributed by atoms with Crippen LogP contribution in [0, 0.1) is 13.8 Å². The van der Waals surface area contributed by atoms with Crippen molar-refractivity contribution in [1.29, 1.82) is 0 Å². The van der Waals surface area contributed by atoms with E-state index in [1.54, 1.807) is 0 Å². The number of nitrogens with zero attached hydrogens (tertiary/aromatic N) is 1. The summed E-state index contributed by atoms with van der Waals surface area (Å²) in [5.74, 6) is 0.538. The van der Waals surface area contributed by atoms with Crippen LogP contribution in [0.15, 0.2) is 23.2 Å². The van der Waals surface area contributed by atoms with Gasteiger partial charge in [-0.25, -0.2) is 8.42 Å². The van der Waals surface area contributed by atoms with E-state index in [1.807, 2.05) is 32.0 Å². The molecular weight excluding hydrogens is 413 g/mol. The second kappa shape index (κ2) is 8.14. The van der Waals surface area contributed by atoms with Crippen molar-refractivity contribution in [3.63, 3.8) is 0 Å². The van der Waals surface area contributed by atoms with Crippen LogP contribution in [0.5, 0.6) is 0 Å². The van der Waals surface area contributed by atoms with Gasteiger partial charge in [-0.3, -0.25) is 4.99 Å². The summed E-state index contributed by atoms with van der Waals surface area (Å²) in [6.45, 7) is 4.32. The van der Waals surface area contributed by atoms with E-state index >= 15 is 0 Å². The van der Waals surface area contributed by atoms with Crippen molar-refractivity contribution in [2.45, 2.75) is 38.4 Å². The fraction of sp³-hybridized carbons (Fsp3) is 0.533. The van der Waals surface area contributed by atoms with Gasteiger partial charge in [-0.1, -0.05) is 12.5 Å². The zero-order valence-corrected chi connectivity index (χ0v) is 16.1. The van der Waals surface area contributed by atoms with Gasteiger partial charge in [0.25, 0.3) is 0 Å². The molecule has 1 fully saturated rings. The van der Waals surface area contributed by atoms with E-state index in [4.69, 9.17) is 5.73 Å². The summed E-state index contributed by atoms with van der Waals surface area (Å²) in [7, 11) is -2.99. The molecule has 1 aliphatic heterocycles. The van der Waals surface area contributed by atoms with Gasteiger partial charge in [0.05, 0.1) is 17.5 Å². The Bertz CT molecular complexity index is 644. The summed E-state index contributed by atoms with van der Waals surface area (Å²) in [6.07, 6.45) is 2.39. The first-order chi connectivity index (χ1) is 9.88. The number of rotatable bonds is 3. The van der Waals surface area contributed by atoms with E-state index < -0.39 is 9.84 Å². The number of anilines is 1. The molecule has 5 nitrogen and oxygen atoms in total. The Morgan fingerprint density at radius 3 is 2.68 bits per heavy atom. The molecule has 0 aliphatic carbocycles. The molecule has 2 rings (SSSR count). The largest absolute Gasteiger partial charge is 0.370 e. The first kappa shape index (κ1) is 19.2. The topological polar surface area (TPSA) is 84.5 Å². The molecule has 22 heavy (non-hydrogen) atoms. The maximum absolute atomic E-state index is 11.9. The second-order valence-corrected chi connectivity index (χ2v) is 8.04. The van der Waals surface area contributed by atoms with Crippen molar-refractivity contribution in [3.8, 4) is 0 Å². The summed E-state index contributed by atoms with van der Waals surface area (Å²) in [4.78, 5) is 4.19. The molecule has 1 aliphatic rings. The van der Waals surface area contributed by atoms with Crippen molar-refractivity contribution in [2.24, 2.45) is 10.7 Å². The van der Waals surface area contributed by atoms with Gasteiger partial charge in [0.15, 0.2) is 15.8 Å². The molecule has 1 atom stereocenters. The van der Waals surface area contributed by atoms with Gasteiger partial charge in [-0.2, -0.15) is 0 Å². The van der Waals surface area contributed by atoms with E-state index in [0.717, 1.165) is 18.5 Å². The molecule has 7 heteroatoms. The Morgan fingerprint density at radius 1 is 1.32 bits per heavy atom. The van der Waals surface area contributed by atoms with Crippen LogP contribution in [0.25, 0.3) is 0 Å². The minimum atomic E-state index is -2.99. The van der Waals surface area contributed by atoms with E-state index in [2.05, 4.69) is 10.3 Å². The lowest BCUT2D eigenvalue weighted by Gasteiger charge is -2.20. The fourth-order valence-electron chi connectivity index (χ4n) is 2.43. The first-order valence-corrected chi connectivity index (χ1v) is 8.96. The van der Waals surface area contributed by atoms with E-state index in [0.29, 0.717) is 6.42 Å². The predicted octanol–water partition coefficient (Wildman–Crippen LogP) is 2.62. The molecule has 1 aromatic rings. The zero-order chi connectivity index (χ0) is 15.5. The van der Waals surface area contributed by atoms with Crippen LogP contribution in [0.3, 0.4) is 0 Å². The Labute approximate surface area is 149 Å². The van der Waals surface area contributed by atoms with Crippen molar-refractivity contribution in [3.05, 3.63) is 29.3 Å².